The minimum absolute atomic E-state index is 0.132. The smallest absolute Gasteiger partial charge is 0.220 e. The zero-order chi connectivity index (χ0) is 13.7. The molecule has 1 fully saturated rings. The molecule has 0 aromatic carbocycles. The molecule has 1 aliphatic rings. The first-order valence-corrected chi connectivity index (χ1v) is 7.64. The van der Waals surface area contributed by atoms with Crippen LogP contribution < -0.4 is 16.0 Å². The van der Waals surface area contributed by atoms with Gasteiger partial charge in [0.2, 0.25) is 5.91 Å². The van der Waals surface area contributed by atoms with Crippen LogP contribution >= 0.6 is 11.8 Å². The zero-order valence-corrected chi connectivity index (χ0v) is 12.0. The Morgan fingerprint density at radius 2 is 2.16 bits per heavy atom. The van der Waals surface area contributed by atoms with Crippen molar-refractivity contribution >= 4 is 29.3 Å². The van der Waals surface area contributed by atoms with Crippen LogP contribution in [0.5, 0.6) is 0 Å². The number of nitrogens with one attached hydrogen (secondary N) is 3. The molecule has 1 aromatic heterocycles. The highest BCUT2D eigenvalue weighted by Crippen LogP contribution is 2.17. The predicted molar refractivity (Wildman–Crippen MR) is 77.6 cm³/mol. The van der Waals surface area contributed by atoms with Gasteiger partial charge >= 0.3 is 0 Å². The Hall–Kier alpha value is -1.50. The van der Waals surface area contributed by atoms with Crippen molar-refractivity contribution in [2.75, 3.05) is 30.0 Å². The fraction of sp³-hybridized carbons (Fsp3) is 0.583. The van der Waals surface area contributed by atoms with Gasteiger partial charge in [0.15, 0.2) is 5.16 Å². The summed E-state index contributed by atoms with van der Waals surface area (Å²) >= 11 is 1.51. The van der Waals surface area contributed by atoms with Crippen molar-refractivity contribution in [3.05, 3.63) is 6.07 Å². The van der Waals surface area contributed by atoms with Gasteiger partial charge < -0.3 is 16.0 Å². The number of thioether (sulfide) groups is 1. The summed E-state index contributed by atoms with van der Waals surface area (Å²) in [4.78, 5) is 19.9. The lowest BCUT2D eigenvalue weighted by Gasteiger charge is -2.13. The highest BCUT2D eigenvalue weighted by Gasteiger charge is 2.20. The normalized spacial score (nSPS) is 18.2. The number of rotatable bonds is 6. The van der Waals surface area contributed by atoms with Gasteiger partial charge in [-0.15, -0.1) is 0 Å². The third-order valence-corrected chi connectivity index (χ3v) is 3.41. The molecule has 104 valence electrons. The molecule has 1 aromatic rings. The van der Waals surface area contributed by atoms with Gasteiger partial charge in [-0.25, -0.2) is 9.97 Å². The predicted octanol–water partition coefficient (Wildman–Crippen LogP) is 1.32. The van der Waals surface area contributed by atoms with Gasteiger partial charge in [0.05, 0.1) is 0 Å². The molecule has 0 bridgehead atoms. The monoisotopic (exact) mass is 281 g/mol. The number of hydrogen-bond donors (Lipinski definition) is 3. The molecular formula is C12H19N5OS. The van der Waals surface area contributed by atoms with E-state index in [2.05, 4.69) is 25.9 Å². The van der Waals surface area contributed by atoms with E-state index in [9.17, 15) is 4.79 Å². The van der Waals surface area contributed by atoms with E-state index in [-0.39, 0.29) is 11.9 Å². The molecule has 2 heterocycles. The third kappa shape index (κ3) is 3.99. The van der Waals surface area contributed by atoms with Gasteiger partial charge in [-0.05, 0) is 19.6 Å². The lowest BCUT2D eigenvalue weighted by molar-refractivity contribution is -0.119. The van der Waals surface area contributed by atoms with E-state index in [0.717, 1.165) is 29.8 Å². The van der Waals surface area contributed by atoms with Crippen LogP contribution in [-0.2, 0) is 4.79 Å². The van der Waals surface area contributed by atoms with E-state index in [4.69, 9.17) is 0 Å². The van der Waals surface area contributed by atoms with Gasteiger partial charge in [-0.2, -0.15) is 0 Å². The average molecular weight is 281 g/mol. The van der Waals surface area contributed by atoms with Gasteiger partial charge in [0.1, 0.15) is 11.6 Å². The lowest BCUT2D eigenvalue weighted by atomic mass is 10.2. The molecule has 1 aliphatic heterocycles. The van der Waals surface area contributed by atoms with E-state index in [1.165, 1.54) is 11.8 Å². The standard InChI is InChI=1S/C12H19N5OS/c1-3-13-9-6-10(17-12(16-9)19-2)14-7-8-4-5-11(18)15-8/h6,8H,3-5,7H2,1-2H3,(H,15,18)(H2,13,14,16,17). The summed E-state index contributed by atoms with van der Waals surface area (Å²) in [6.07, 6.45) is 3.45. The molecular weight excluding hydrogens is 262 g/mol. The SMILES string of the molecule is CCNc1cc(NCC2CCC(=O)N2)nc(SC)n1. The number of carbonyl (C=O) groups is 1. The molecule has 0 spiro atoms. The Labute approximate surface area is 117 Å². The number of hydrogen-bond acceptors (Lipinski definition) is 6. The number of amides is 1. The van der Waals surface area contributed by atoms with Crippen LogP contribution in [0.2, 0.25) is 0 Å². The summed E-state index contributed by atoms with van der Waals surface area (Å²) < 4.78 is 0. The van der Waals surface area contributed by atoms with E-state index >= 15 is 0 Å². The molecule has 6 nitrogen and oxygen atoms in total. The molecule has 2 rings (SSSR count). The van der Waals surface area contributed by atoms with Gasteiger partial charge in [-0.1, -0.05) is 11.8 Å². The van der Waals surface area contributed by atoms with E-state index < -0.39 is 0 Å². The van der Waals surface area contributed by atoms with Gasteiger partial charge in [0.25, 0.3) is 0 Å². The molecule has 1 atom stereocenters. The zero-order valence-electron chi connectivity index (χ0n) is 11.2. The summed E-state index contributed by atoms with van der Waals surface area (Å²) in [5, 5.41) is 10.1. The van der Waals surface area contributed by atoms with Crippen molar-refractivity contribution in [1.82, 2.24) is 15.3 Å². The maximum atomic E-state index is 11.1. The molecule has 0 aliphatic carbocycles. The molecule has 7 heteroatoms. The van der Waals surface area contributed by atoms with E-state index in [1.807, 2.05) is 19.2 Å². The van der Waals surface area contributed by atoms with Crippen LogP contribution in [0.4, 0.5) is 11.6 Å². The summed E-state index contributed by atoms with van der Waals surface area (Å²) in [7, 11) is 0. The molecule has 0 radical (unpaired) electrons. The Balaban J connectivity index is 1.98. The minimum Gasteiger partial charge on any atom is -0.370 e. The van der Waals surface area contributed by atoms with E-state index in [1.54, 1.807) is 0 Å². The molecule has 3 N–H and O–H groups in total. The first kappa shape index (κ1) is 13.9. The Morgan fingerprint density at radius 1 is 1.42 bits per heavy atom. The maximum absolute atomic E-state index is 11.1. The first-order chi connectivity index (χ1) is 9.21. The Morgan fingerprint density at radius 3 is 2.74 bits per heavy atom. The van der Waals surface area contributed by atoms with Crippen molar-refractivity contribution < 1.29 is 4.79 Å². The van der Waals surface area contributed by atoms with Crippen LogP contribution in [0.1, 0.15) is 19.8 Å². The largest absolute Gasteiger partial charge is 0.370 e. The summed E-state index contributed by atoms with van der Waals surface area (Å²) in [5.41, 5.74) is 0. The van der Waals surface area contributed by atoms with Crippen LogP contribution in [0, 0.1) is 0 Å². The fourth-order valence-corrected chi connectivity index (χ4v) is 2.32. The molecule has 1 saturated heterocycles. The number of carbonyl (C=O) groups excluding carboxylic acids is 1. The van der Waals surface area contributed by atoms with E-state index in [0.29, 0.717) is 13.0 Å². The highest BCUT2D eigenvalue weighted by molar-refractivity contribution is 7.98. The molecule has 1 unspecified atom stereocenters. The molecule has 19 heavy (non-hydrogen) atoms. The summed E-state index contributed by atoms with van der Waals surface area (Å²) in [6, 6.07) is 2.09. The summed E-state index contributed by atoms with van der Waals surface area (Å²) in [6.45, 7) is 3.55. The van der Waals surface area contributed by atoms with Crippen molar-refractivity contribution in [3.63, 3.8) is 0 Å². The van der Waals surface area contributed by atoms with Crippen LogP contribution in [-0.4, -0.2) is 41.3 Å². The third-order valence-electron chi connectivity index (χ3n) is 2.86. The van der Waals surface area contributed by atoms with Crippen molar-refractivity contribution in [2.24, 2.45) is 0 Å². The second kappa shape index (κ2) is 6.60. The van der Waals surface area contributed by atoms with Crippen molar-refractivity contribution in [3.8, 4) is 0 Å². The van der Waals surface area contributed by atoms with Crippen molar-refractivity contribution in [2.45, 2.75) is 31.0 Å². The summed E-state index contributed by atoms with van der Waals surface area (Å²) in [5.74, 6) is 1.74. The van der Waals surface area contributed by atoms with Gasteiger partial charge in [0, 0.05) is 31.6 Å². The number of aromatic nitrogens is 2. The van der Waals surface area contributed by atoms with Crippen LogP contribution in [0.15, 0.2) is 11.2 Å². The Bertz CT molecular complexity index is 454. The quantitative estimate of drug-likeness (QED) is 0.539. The number of nitrogens with zero attached hydrogens (tertiary/aromatic N) is 2. The fourth-order valence-electron chi connectivity index (χ4n) is 1.94. The second-order valence-electron chi connectivity index (χ2n) is 4.34. The van der Waals surface area contributed by atoms with Crippen LogP contribution in [0.25, 0.3) is 0 Å². The van der Waals surface area contributed by atoms with Crippen LogP contribution in [0.3, 0.4) is 0 Å². The second-order valence-corrected chi connectivity index (χ2v) is 5.11. The van der Waals surface area contributed by atoms with Gasteiger partial charge in [-0.3, -0.25) is 4.79 Å². The van der Waals surface area contributed by atoms with Crippen molar-refractivity contribution in [1.29, 1.82) is 0 Å². The lowest BCUT2D eigenvalue weighted by Crippen LogP contribution is -2.32. The number of anilines is 2. The first-order valence-electron chi connectivity index (χ1n) is 6.41. The molecule has 1 amide bonds. The average Bonchev–Trinajstić information content (AvgIpc) is 2.82. The highest BCUT2D eigenvalue weighted by atomic mass is 32.2. The maximum Gasteiger partial charge on any atom is 0.220 e. The molecule has 0 saturated carbocycles. The Kier molecular flexibility index (Phi) is 4.84. The topological polar surface area (TPSA) is 78.9 Å². The minimum atomic E-state index is 0.132.